The molecule has 0 unspecified atom stereocenters. The van der Waals surface area contributed by atoms with E-state index >= 15 is 0 Å². The van der Waals surface area contributed by atoms with Gasteiger partial charge in [0.2, 0.25) is 11.6 Å². The van der Waals surface area contributed by atoms with Crippen LogP contribution in [0.25, 0.3) is 0 Å². The molecule has 0 N–H and O–H groups in total. The first-order valence-electron chi connectivity index (χ1n) is 7.24. The van der Waals surface area contributed by atoms with E-state index in [9.17, 15) is 18.9 Å². The molecular formula is C16H18NaO4P. The molecule has 2 bridgehead atoms. The Bertz CT molecular complexity index is 642. The Balaban J connectivity index is 0.00000132. The first-order valence-corrected chi connectivity index (χ1v) is 8.05. The van der Waals surface area contributed by atoms with Gasteiger partial charge in [-0.15, -0.1) is 0 Å². The number of carbonyl (C=O) groups is 3. The molecule has 0 amide bonds. The second-order valence-corrected chi connectivity index (χ2v) is 7.45. The largest absolute Gasteiger partial charge is 1.00 e. The number of rotatable bonds is 3. The molecule has 0 heterocycles. The fourth-order valence-corrected chi connectivity index (χ4v) is 4.77. The average Bonchev–Trinajstić information content (AvgIpc) is 2.88. The van der Waals surface area contributed by atoms with Crippen molar-refractivity contribution in [1.82, 2.24) is 0 Å². The van der Waals surface area contributed by atoms with Crippen molar-refractivity contribution in [3.63, 3.8) is 0 Å². The van der Waals surface area contributed by atoms with Crippen LogP contribution in [0, 0.1) is 16.7 Å². The molecule has 2 fully saturated rings. The molecule has 0 aliphatic heterocycles. The quantitative estimate of drug-likeness (QED) is 0.243. The van der Waals surface area contributed by atoms with Gasteiger partial charge in [-0.25, -0.2) is 0 Å². The summed E-state index contributed by atoms with van der Waals surface area (Å²) in [5.41, 5.74) is -0.669. The van der Waals surface area contributed by atoms with Crippen LogP contribution in [0.1, 0.15) is 41.0 Å². The fraction of sp³-hybridized carbons (Fsp3) is 0.562. The topological polar surface area (TPSA) is 68.3 Å². The van der Waals surface area contributed by atoms with E-state index in [0.717, 1.165) is 25.7 Å². The van der Waals surface area contributed by atoms with E-state index in [1.165, 1.54) is 12.2 Å². The molecule has 112 valence electrons. The minimum Gasteiger partial charge on any atom is -1.00 e. The summed E-state index contributed by atoms with van der Waals surface area (Å²) in [4.78, 5) is 37.0. The molecule has 3 aliphatic rings. The number of carbonyl (C=O) groups excluding carboxylic acids is 3. The van der Waals surface area contributed by atoms with Crippen LogP contribution in [0.5, 0.6) is 0 Å². The maximum Gasteiger partial charge on any atom is 1.00 e. The average molecular weight is 328 g/mol. The van der Waals surface area contributed by atoms with E-state index in [4.69, 9.17) is 0 Å². The third kappa shape index (κ3) is 2.19. The summed E-state index contributed by atoms with van der Waals surface area (Å²) in [6, 6.07) is 0. The molecule has 22 heavy (non-hydrogen) atoms. The van der Waals surface area contributed by atoms with Crippen molar-refractivity contribution in [2.45, 2.75) is 39.5 Å². The summed E-state index contributed by atoms with van der Waals surface area (Å²) < 4.78 is 10.8. The Morgan fingerprint density at radius 1 is 1.18 bits per heavy atom. The van der Waals surface area contributed by atoms with Crippen molar-refractivity contribution in [3.8, 4) is 0 Å². The van der Waals surface area contributed by atoms with E-state index in [1.54, 1.807) is 0 Å². The molecule has 3 rings (SSSR count). The first-order chi connectivity index (χ1) is 9.85. The molecule has 2 saturated carbocycles. The molecule has 4 nitrogen and oxygen atoms in total. The molecule has 0 aromatic heterocycles. The third-order valence-electron chi connectivity index (χ3n) is 5.96. The molecule has 0 radical (unpaired) electrons. The number of Topliss-reactive ketones (excluding diaryl/α,β-unsaturated/α-hetero) is 3. The van der Waals surface area contributed by atoms with Gasteiger partial charge in [-0.1, -0.05) is 13.8 Å². The van der Waals surface area contributed by atoms with Gasteiger partial charge in [0.15, 0.2) is 14.2 Å². The van der Waals surface area contributed by atoms with Crippen molar-refractivity contribution in [1.29, 1.82) is 0 Å². The van der Waals surface area contributed by atoms with E-state index in [2.05, 4.69) is 13.8 Å². The molecule has 0 aromatic rings. The zero-order valence-electron chi connectivity index (χ0n) is 14.1. The Morgan fingerprint density at radius 2 is 1.77 bits per heavy atom. The van der Waals surface area contributed by atoms with Crippen LogP contribution in [-0.2, 0) is 18.9 Å². The van der Waals surface area contributed by atoms with Crippen LogP contribution >= 0.6 is 8.46 Å². The maximum absolute atomic E-state index is 13.0. The molecule has 6 heteroatoms. The van der Waals surface area contributed by atoms with Crippen LogP contribution < -0.4 is 29.6 Å². The number of allylic oxidation sites excluding steroid dienone is 4. The number of fused-ring (bicyclic) bond motifs is 2. The van der Waals surface area contributed by atoms with Crippen LogP contribution in [0.3, 0.4) is 0 Å². The molecule has 0 saturated heterocycles. The monoisotopic (exact) mass is 328 g/mol. The van der Waals surface area contributed by atoms with Crippen LogP contribution in [0.2, 0.25) is 0 Å². The predicted molar refractivity (Wildman–Crippen MR) is 78.1 cm³/mol. The van der Waals surface area contributed by atoms with Gasteiger partial charge in [-0.2, -0.15) is 0 Å². The molecule has 3 aliphatic carbocycles. The minimum atomic E-state index is -0.820. The fourth-order valence-electron chi connectivity index (χ4n) is 4.45. The van der Waals surface area contributed by atoms with Crippen molar-refractivity contribution in [3.05, 3.63) is 23.0 Å². The number of hydrogen-bond acceptors (Lipinski definition) is 4. The Morgan fingerprint density at radius 3 is 2.23 bits per heavy atom. The second-order valence-electron chi connectivity index (χ2n) is 6.79. The molecular weight excluding hydrogens is 310 g/mol. The first kappa shape index (κ1) is 17.9. The summed E-state index contributed by atoms with van der Waals surface area (Å²) >= 11 is 0. The van der Waals surface area contributed by atoms with Crippen molar-refractivity contribution >= 4 is 25.8 Å². The van der Waals surface area contributed by atoms with Gasteiger partial charge < -0.3 is 1.43 Å². The summed E-state index contributed by atoms with van der Waals surface area (Å²) in [6.07, 6.45) is 6.31. The zero-order chi connectivity index (χ0) is 15.4. The molecule has 0 atom stereocenters. The summed E-state index contributed by atoms with van der Waals surface area (Å²) in [5, 5.41) is -0.0796. The number of hydrogen-bond donors (Lipinski definition) is 0. The van der Waals surface area contributed by atoms with Crippen molar-refractivity contribution < 1.29 is 49.9 Å². The normalized spacial score (nSPS) is 32.5. The van der Waals surface area contributed by atoms with Gasteiger partial charge in [0.25, 0.3) is 0 Å². The van der Waals surface area contributed by atoms with Crippen LogP contribution in [0.4, 0.5) is 0 Å². The SMILES string of the molecule is CC1(C)C2CCC1(C(=O)C1=CC=C(P=O)C(=O)C1=O)CC2.[H-].[Na+]. The molecule has 0 aromatic carbocycles. The van der Waals surface area contributed by atoms with Gasteiger partial charge in [0.05, 0.1) is 10.9 Å². The van der Waals surface area contributed by atoms with Crippen molar-refractivity contribution in [2.24, 2.45) is 16.7 Å². The smallest absolute Gasteiger partial charge is 1.00 e. The van der Waals surface area contributed by atoms with Gasteiger partial charge in [0.1, 0.15) is 0 Å². The maximum atomic E-state index is 13.0. The second kappa shape index (κ2) is 5.90. The van der Waals surface area contributed by atoms with E-state index in [1.807, 2.05) is 0 Å². The summed E-state index contributed by atoms with van der Waals surface area (Å²) in [5.74, 6) is -1.30. The molecule has 0 spiro atoms. The Kier molecular flexibility index (Phi) is 4.81. The number of ketones is 3. The Labute approximate surface area is 154 Å². The summed E-state index contributed by atoms with van der Waals surface area (Å²) in [7, 11) is -0.480. The zero-order valence-corrected chi connectivity index (χ0v) is 16.0. The van der Waals surface area contributed by atoms with Gasteiger partial charge in [-0.3, -0.25) is 18.9 Å². The van der Waals surface area contributed by atoms with Gasteiger partial charge in [0, 0.05) is 5.41 Å². The minimum absolute atomic E-state index is 0. The third-order valence-corrected chi connectivity index (χ3v) is 6.51. The van der Waals surface area contributed by atoms with Crippen LogP contribution in [0.15, 0.2) is 23.0 Å². The van der Waals surface area contributed by atoms with E-state index < -0.39 is 25.4 Å². The van der Waals surface area contributed by atoms with Gasteiger partial charge >= 0.3 is 29.6 Å². The van der Waals surface area contributed by atoms with Crippen molar-refractivity contribution in [2.75, 3.05) is 0 Å². The van der Waals surface area contributed by atoms with E-state index in [0.29, 0.717) is 5.92 Å². The Hall–Kier alpha value is -0.410. The summed E-state index contributed by atoms with van der Waals surface area (Å²) in [6.45, 7) is 4.20. The van der Waals surface area contributed by atoms with E-state index in [-0.39, 0.29) is 53.1 Å². The van der Waals surface area contributed by atoms with Crippen LogP contribution in [-0.4, -0.2) is 17.3 Å². The standard InChI is InChI=1S/C16H17O4P.Na.H/c1-15(2)9-5-7-16(15,8-6-9)14(19)10-3-4-11(21-20)13(18)12(10)17;;/h3-4,9H,5-8H2,1-2H3;;/q;+1;-1. The van der Waals surface area contributed by atoms with Gasteiger partial charge in [-0.05, 0) is 49.2 Å². The predicted octanol–water partition coefficient (Wildman–Crippen LogP) is 0.142.